The molecule has 0 spiro atoms. The molecule has 4 nitrogen and oxygen atoms in total. The first-order valence-electron chi connectivity index (χ1n) is 6.21. The summed E-state index contributed by atoms with van der Waals surface area (Å²) in [6.45, 7) is 0. The summed E-state index contributed by atoms with van der Waals surface area (Å²) in [5.74, 6) is -1.24. The summed E-state index contributed by atoms with van der Waals surface area (Å²) >= 11 is 6.16. The van der Waals surface area contributed by atoms with E-state index in [1.54, 1.807) is 54.6 Å². The molecule has 0 saturated heterocycles. The monoisotopic (exact) mass is 300 g/mol. The van der Waals surface area contributed by atoms with Crippen LogP contribution >= 0.6 is 11.6 Å². The number of rotatable bonds is 4. The Morgan fingerprint density at radius 2 is 1.33 bits per heavy atom. The summed E-state index contributed by atoms with van der Waals surface area (Å²) in [5, 5.41) is 2.57. The van der Waals surface area contributed by atoms with Crippen molar-refractivity contribution in [2.75, 3.05) is 0 Å². The van der Waals surface area contributed by atoms with Crippen LogP contribution in [0.15, 0.2) is 66.4 Å². The minimum Gasteiger partial charge on any atom is -0.364 e. The highest BCUT2D eigenvalue weighted by Gasteiger charge is 2.16. The van der Waals surface area contributed by atoms with E-state index in [0.29, 0.717) is 11.1 Å². The summed E-state index contributed by atoms with van der Waals surface area (Å²) in [6.07, 6.45) is 0. The van der Waals surface area contributed by atoms with E-state index in [0.717, 1.165) is 0 Å². The minimum atomic E-state index is -0.798. The number of primary amides is 1. The first-order valence-corrected chi connectivity index (χ1v) is 6.59. The molecule has 0 radical (unpaired) electrons. The summed E-state index contributed by atoms with van der Waals surface area (Å²) in [4.78, 5) is 23.6. The van der Waals surface area contributed by atoms with E-state index < -0.39 is 11.8 Å². The van der Waals surface area contributed by atoms with Crippen LogP contribution in [0.5, 0.6) is 0 Å². The number of amides is 2. The standard InChI is InChI=1S/C16H13ClN2O2/c17-13(11-7-3-1-4-8-11)14(15(18)20)19-16(21)12-9-5-2-6-10-12/h1-10H,(H2,18,20)(H,19,21). The fourth-order valence-corrected chi connectivity index (χ4v) is 2.00. The number of carbonyl (C=O) groups is 2. The largest absolute Gasteiger partial charge is 0.364 e. The SMILES string of the molecule is NC(=O)C(NC(=O)c1ccccc1)=C(Cl)c1ccccc1. The van der Waals surface area contributed by atoms with Gasteiger partial charge in [0.1, 0.15) is 5.70 Å². The molecule has 0 fully saturated rings. The Morgan fingerprint density at radius 1 is 0.857 bits per heavy atom. The van der Waals surface area contributed by atoms with Crippen LogP contribution in [0.3, 0.4) is 0 Å². The van der Waals surface area contributed by atoms with Gasteiger partial charge in [0.25, 0.3) is 11.8 Å². The average Bonchev–Trinajstić information content (AvgIpc) is 2.53. The van der Waals surface area contributed by atoms with Gasteiger partial charge in [-0.05, 0) is 17.7 Å². The molecule has 0 aliphatic rings. The van der Waals surface area contributed by atoms with Gasteiger partial charge in [0.05, 0.1) is 5.03 Å². The summed E-state index contributed by atoms with van der Waals surface area (Å²) < 4.78 is 0. The van der Waals surface area contributed by atoms with Gasteiger partial charge in [0.2, 0.25) is 0 Å². The number of carbonyl (C=O) groups excluding carboxylic acids is 2. The Labute approximate surface area is 127 Å². The molecule has 0 bridgehead atoms. The van der Waals surface area contributed by atoms with Crippen LogP contribution in [0.2, 0.25) is 0 Å². The molecule has 2 amide bonds. The lowest BCUT2D eigenvalue weighted by Gasteiger charge is -2.10. The predicted molar refractivity (Wildman–Crippen MR) is 82.3 cm³/mol. The van der Waals surface area contributed by atoms with Crippen molar-refractivity contribution in [1.82, 2.24) is 5.32 Å². The summed E-state index contributed by atoms with van der Waals surface area (Å²) in [7, 11) is 0. The van der Waals surface area contributed by atoms with Crippen LogP contribution in [-0.2, 0) is 4.79 Å². The minimum absolute atomic E-state index is 0.104. The summed E-state index contributed by atoms with van der Waals surface area (Å²) in [6, 6.07) is 17.3. The maximum Gasteiger partial charge on any atom is 0.266 e. The molecule has 21 heavy (non-hydrogen) atoms. The third kappa shape index (κ3) is 3.70. The van der Waals surface area contributed by atoms with Crippen LogP contribution in [-0.4, -0.2) is 11.8 Å². The Kier molecular flexibility index (Phi) is 4.74. The van der Waals surface area contributed by atoms with Crippen LogP contribution < -0.4 is 11.1 Å². The predicted octanol–water partition coefficient (Wildman–Crippen LogP) is 2.51. The average molecular weight is 301 g/mol. The topological polar surface area (TPSA) is 72.2 Å². The molecular weight excluding hydrogens is 288 g/mol. The zero-order valence-corrected chi connectivity index (χ0v) is 11.8. The Hall–Kier alpha value is -2.59. The molecule has 2 aromatic rings. The second-order valence-corrected chi connectivity index (χ2v) is 4.62. The zero-order valence-electron chi connectivity index (χ0n) is 11.0. The third-order valence-corrected chi connectivity index (χ3v) is 3.17. The Balaban J connectivity index is 2.33. The van der Waals surface area contributed by atoms with Gasteiger partial charge in [-0.25, -0.2) is 0 Å². The lowest BCUT2D eigenvalue weighted by molar-refractivity contribution is -0.114. The lowest BCUT2D eigenvalue weighted by atomic mass is 10.1. The van der Waals surface area contributed by atoms with Crippen molar-refractivity contribution >= 4 is 28.4 Å². The van der Waals surface area contributed by atoms with Gasteiger partial charge in [-0.1, -0.05) is 60.1 Å². The third-order valence-electron chi connectivity index (χ3n) is 2.77. The van der Waals surface area contributed by atoms with Gasteiger partial charge in [-0.15, -0.1) is 0 Å². The van der Waals surface area contributed by atoms with Crippen molar-refractivity contribution < 1.29 is 9.59 Å². The molecule has 0 atom stereocenters. The van der Waals surface area contributed by atoms with E-state index in [1.165, 1.54) is 0 Å². The first kappa shape index (κ1) is 14.8. The van der Waals surface area contributed by atoms with Gasteiger partial charge in [0, 0.05) is 5.56 Å². The Morgan fingerprint density at radius 3 is 1.81 bits per heavy atom. The second kappa shape index (κ2) is 6.72. The lowest BCUT2D eigenvalue weighted by Crippen LogP contribution is -2.31. The second-order valence-electron chi connectivity index (χ2n) is 4.24. The van der Waals surface area contributed by atoms with Gasteiger partial charge < -0.3 is 11.1 Å². The molecular formula is C16H13ClN2O2. The van der Waals surface area contributed by atoms with Crippen LogP contribution in [0.1, 0.15) is 15.9 Å². The first-order chi connectivity index (χ1) is 10.1. The van der Waals surface area contributed by atoms with Gasteiger partial charge in [0.15, 0.2) is 0 Å². The van der Waals surface area contributed by atoms with E-state index in [1.807, 2.05) is 6.07 Å². The molecule has 2 rings (SSSR count). The van der Waals surface area contributed by atoms with E-state index in [4.69, 9.17) is 17.3 Å². The number of hydrogen-bond acceptors (Lipinski definition) is 2. The van der Waals surface area contributed by atoms with Crippen LogP contribution in [0, 0.1) is 0 Å². The molecule has 2 aromatic carbocycles. The fourth-order valence-electron chi connectivity index (χ4n) is 1.73. The quantitative estimate of drug-likeness (QED) is 0.852. The van der Waals surface area contributed by atoms with Crippen molar-refractivity contribution in [3.8, 4) is 0 Å². The van der Waals surface area contributed by atoms with Gasteiger partial charge in [-0.2, -0.15) is 0 Å². The molecule has 0 aromatic heterocycles. The highest BCUT2D eigenvalue weighted by molar-refractivity contribution is 6.51. The maximum atomic E-state index is 12.1. The van der Waals surface area contributed by atoms with Gasteiger partial charge in [-0.3, -0.25) is 9.59 Å². The van der Waals surface area contributed by atoms with E-state index in [-0.39, 0.29) is 10.7 Å². The van der Waals surface area contributed by atoms with Crippen molar-refractivity contribution in [2.45, 2.75) is 0 Å². The molecule has 0 unspecified atom stereocenters. The molecule has 0 aliphatic heterocycles. The molecule has 0 saturated carbocycles. The number of halogens is 1. The van der Waals surface area contributed by atoms with Gasteiger partial charge >= 0.3 is 0 Å². The molecule has 106 valence electrons. The normalized spacial score (nSPS) is 11.5. The molecule has 3 N–H and O–H groups in total. The number of nitrogens with one attached hydrogen (secondary N) is 1. The zero-order chi connectivity index (χ0) is 15.2. The number of hydrogen-bond donors (Lipinski definition) is 2. The van der Waals surface area contributed by atoms with Crippen molar-refractivity contribution in [2.24, 2.45) is 5.73 Å². The van der Waals surface area contributed by atoms with Crippen molar-refractivity contribution in [3.05, 3.63) is 77.5 Å². The van der Waals surface area contributed by atoms with Crippen LogP contribution in [0.4, 0.5) is 0 Å². The van der Waals surface area contributed by atoms with E-state index >= 15 is 0 Å². The van der Waals surface area contributed by atoms with E-state index in [9.17, 15) is 9.59 Å². The van der Waals surface area contributed by atoms with Crippen molar-refractivity contribution in [3.63, 3.8) is 0 Å². The molecule has 5 heteroatoms. The smallest absolute Gasteiger partial charge is 0.266 e. The Bertz CT molecular complexity index is 682. The number of benzene rings is 2. The van der Waals surface area contributed by atoms with Crippen LogP contribution in [0.25, 0.3) is 5.03 Å². The van der Waals surface area contributed by atoms with E-state index in [2.05, 4.69) is 5.32 Å². The van der Waals surface area contributed by atoms with Crippen molar-refractivity contribution in [1.29, 1.82) is 0 Å². The molecule has 0 aliphatic carbocycles. The highest BCUT2D eigenvalue weighted by Crippen LogP contribution is 2.21. The fraction of sp³-hybridized carbons (Fsp3) is 0. The molecule has 0 heterocycles. The maximum absolute atomic E-state index is 12.1. The number of nitrogens with two attached hydrogens (primary N) is 1. The summed E-state index contributed by atoms with van der Waals surface area (Å²) in [5.41, 5.74) is 6.19. The highest BCUT2D eigenvalue weighted by atomic mass is 35.5.